The van der Waals surface area contributed by atoms with E-state index in [1.165, 1.54) is 6.33 Å². The molecule has 0 bridgehead atoms. The SMILES string of the molecule is Cc1cc(CC(C)Nc2ncnc3nc[nH]c23)n[nH]1. The van der Waals surface area contributed by atoms with Crippen LogP contribution in [0.2, 0.25) is 0 Å². The monoisotopic (exact) mass is 257 g/mol. The van der Waals surface area contributed by atoms with Crippen LogP contribution >= 0.6 is 0 Å². The van der Waals surface area contributed by atoms with Gasteiger partial charge in [0.25, 0.3) is 0 Å². The largest absolute Gasteiger partial charge is 0.365 e. The minimum Gasteiger partial charge on any atom is -0.365 e. The number of fused-ring (bicyclic) bond motifs is 1. The molecule has 3 aromatic rings. The van der Waals surface area contributed by atoms with E-state index in [-0.39, 0.29) is 6.04 Å². The molecule has 0 aliphatic carbocycles. The predicted octanol–water partition coefficient (Wildman–Crippen LogP) is 1.43. The second-order valence-electron chi connectivity index (χ2n) is 4.62. The molecule has 3 aromatic heterocycles. The number of hydrogen-bond acceptors (Lipinski definition) is 5. The maximum atomic E-state index is 4.24. The number of aromatic amines is 2. The van der Waals surface area contributed by atoms with E-state index in [2.05, 4.69) is 42.4 Å². The second kappa shape index (κ2) is 4.68. The van der Waals surface area contributed by atoms with E-state index in [1.54, 1.807) is 6.33 Å². The first-order valence-electron chi connectivity index (χ1n) is 6.14. The van der Waals surface area contributed by atoms with Crippen molar-refractivity contribution in [2.24, 2.45) is 0 Å². The van der Waals surface area contributed by atoms with Gasteiger partial charge in [-0.05, 0) is 19.9 Å². The second-order valence-corrected chi connectivity index (χ2v) is 4.62. The topological polar surface area (TPSA) is 95.2 Å². The fourth-order valence-corrected chi connectivity index (χ4v) is 2.05. The number of H-pyrrole nitrogens is 2. The van der Waals surface area contributed by atoms with Gasteiger partial charge in [-0.15, -0.1) is 0 Å². The molecule has 7 nitrogen and oxygen atoms in total. The van der Waals surface area contributed by atoms with Crippen LogP contribution in [0.25, 0.3) is 11.2 Å². The maximum Gasteiger partial charge on any atom is 0.182 e. The summed E-state index contributed by atoms with van der Waals surface area (Å²) >= 11 is 0. The van der Waals surface area contributed by atoms with Gasteiger partial charge < -0.3 is 10.3 Å². The van der Waals surface area contributed by atoms with Crippen molar-refractivity contribution in [2.45, 2.75) is 26.3 Å². The summed E-state index contributed by atoms with van der Waals surface area (Å²) in [5, 5.41) is 10.5. The summed E-state index contributed by atoms with van der Waals surface area (Å²) in [5.74, 6) is 0.766. The Morgan fingerprint density at radius 2 is 2.21 bits per heavy atom. The molecule has 0 fully saturated rings. The minimum absolute atomic E-state index is 0.212. The summed E-state index contributed by atoms with van der Waals surface area (Å²) in [6.07, 6.45) is 3.95. The van der Waals surface area contributed by atoms with Crippen molar-refractivity contribution < 1.29 is 0 Å². The van der Waals surface area contributed by atoms with Gasteiger partial charge in [0.05, 0.1) is 12.0 Å². The third-order valence-electron chi connectivity index (χ3n) is 2.88. The van der Waals surface area contributed by atoms with E-state index in [9.17, 15) is 0 Å². The minimum atomic E-state index is 0.212. The Morgan fingerprint density at radius 3 is 3.00 bits per heavy atom. The lowest BCUT2D eigenvalue weighted by Gasteiger charge is -2.13. The average molecular weight is 257 g/mol. The van der Waals surface area contributed by atoms with Crippen LogP contribution < -0.4 is 5.32 Å². The molecular formula is C12H15N7. The highest BCUT2D eigenvalue weighted by Gasteiger charge is 2.10. The molecule has 0 radical (unpaired) electrons. The van der Waals surface area contributed by atoms with Crippen molar-refractivity contribution in [2.75, 3.05) is 5.32 Å². The Hall–Kier alpha value is -2.44. The molecule has 0 aliphatic heterocycles. The molecule has 0 spiro atoms. The molecule has 3 N–H and O–H groups in total. The van der Waals surface area contributed by atoms with Gasteiger partial charge in [-0.2, -0.15) is 5.10 Å². The van der Waals surface area contributed by atoms with Crippen LogP contribution in [0, 0.1) is 6.92 Å². The van der Waals surface area contributed by atoms with Gasteiger partial charge in [0.15, 0.2) is 11.5 Å². The molecule has 7 heteroatoms. The zero-order valence-electron chi connectivity index (χ0n) is 10.8. The summed E-state index contributed by atoms with van der Waals surface area (Å²) in [6.45, 7) is 4.08. The van der Waals surface area contributed by atoms with Gasteiger partial charge >= 0.3 is 0 Å². The van der Waals surface area contributed by atoms with E-state index in [4.69, 9.17) is 0 Å². The number of nitrogens with zero attached hydrogens (tertiary/aromatic N) is 4. The number of imidazole rings is 1. The molecular weight excluding hydrogens is 242 g/mol. The Morgan fingerprint density at radius 1 is 1.32 bits per heavy atom. The van der Waals surface area contributed by atoms with E-state index >= 15 is 0 Å². The molecule has 1 unspecified atom stereocenters. The molecule has 98 valence electrons. The Kier molecular flexibility index (Phi) is 2.86. The van der Waals surface area contributed by atoms with Crippen LogP contribution in [0.5, 0.6) is 0 Å². The van der Waals surface area contributed by atoms with Crippen LogP contribution in [0.4, 0.5) is 5.82 Å². The molecule has 3 rings (SSSR count). The van der Waals surface area contributed by atoms with Crippen molar-refractivity contribution in [1.82, 2.24) is 30.1 Å². The maximum absolute atomic E-state index is 4.24. The smallest absolute Gasteiger partial charge is 0.182 e. The van der Waals surface area contributed by atoms with Gasteiger partial charge in [-0.3, -0.25) is 5.10 Å². The summed E-state index contributed by atoms with van der Waals surface area (Å²) < 4.78 is 0. The number of aromatic nitrogens is 6. The van der Waals surface area contributed by atoms with Gasteiger partial charge in [0, 0.05) is 18.2 Å². The van der Waals surface area contributed by atoms with Crippen molar-refractivity contribution in [3.05, 3.63) is 30.1 Å². The molecule has 0 amide bonds. The van der Waals surface area contributed by atoms with Gasteiger partial charge in [-0.1, -0.05) is 0 Å². The van der Waals surface area contributed by atoms with Crippen molar-refractivity contribution in [1.29, 1.82) is 0 Å². The molecule has 1 atom stereocenters. The summed E-state index contributed by atoms with van der Waals surface area (Å²) in [5.41, 5.74) is 3.60. The Labute approximate surface area is 109 Å². The van der Waals surface area contributed by atoms with Crippen molar-refractivity contribution in [3.63, 3.8) is 0 Å². The number of hydrogen-bond donors (Lipinski definition) is 3. The van der Waals surface area contributed by atoms with Crippen LogP contribution in [0.3, 0.4) is 0 Å². The molecule has 0 aromatic carbocycles. The molecule has 19 heavy (non-hydrogen) atoms. The van der Waals surface area contributed by atoms with Crippen LogP contribution in [-0.4, -0.2) is 36.2 Å². The normalized spacial score (nSPS) is 12.7. The van der Waals surface area contributed by atoms with E-state index in [1.807, 2.05) is 13.0 Å². The van der Waals surface area contributed by atoms with Gasteiger partial charge in [0.2, 0.25) is 0 Å². The first-order valence-corrected chi connectivity index (χ1v) is 6.14. The zero-order valence-corrected chi connectivity index (χ0v) is 10.8. The number of nitrogens with one attached hydrogen (secondary N) is 3. The number of anilines is 1. The lowest BCUT2D eigenvalue weighted by molar-refractivity contribution is 0.760. The molecule has 0 saturated heterocycles. The van der Waals surface area contributed by atoms with Crippen molar-refractivity contribution in [3.8, 4) is 0 Å². The fraction of sp³-hybridized carbons (Fsp3) is 0.333. The van der Waals surface area contributed by atoms with E-state index in [0.29, 0.717) is 5.65 Å². The Balaban J connectivity index is 1.75. The molecule has 0 saturated carbocycles. The lowest BCUT2D eigenvalue weighted by atomic mass is 10.2. The van der Waals surface area contributed by atoms with Crippen molar-refractivity contribution >= 4 is 17.0 Å². The zero-order chi connectivity index (χ0) is 13.2. The Bertz CT molecular complexity index is 684. The highest BCUT2D eigenvalue weighted by atomic mass is 15.1. The highest BCUT2D eigenvalue weighted by molar-refractivity contribution is 5.82. The standard InChI is InChI=1S/C12H15N7/c1-7(3-9-4-8(2)18-19-9)17-12-10-11(14-5-13-10)15-6-16-12/h4-7H,3H2,1-2H3,(H,18,19)(H2,13,14,15,16,17). The molecule has 3 heterocycles. The van der Waals surface area contributed by atoms with E-state index in [0.717, 1.165) is 29.1 Å². The average Bonchev–Trinajstić information content (AvgIpc) is 2.98. The summed E-state index contributed by atoms with van der Waals surface area (Å²) in [7, 11) is 0. The van der Waals surface area contributed by atoms with Crippen LogP contribution in [-0.2, 0) is 6.42 Å². The third-order valence-corrected chi connectivity index (χ3v) is 2.88. The summed E-state index contributed by atoms with van der Waals surface area (Å²) in [6, 6.07) is 2.26. The van der Waals surface area contributed by atoms with Crippen LogP contribution in [0.15, 0.2) is 18.7 Å². The van der Waals surface area contributed by atoms with Gasteiger partial charge in [-0.25, -0.2) is 15.0 Å². The lowest BCUT2D eigenvalue weighted by Crippen LogP contribution is -2.19. The predicted molar refractivity (Wildman–Crippen MR) is 71.8 cm³/mol. The first kappa shape index (κ1) is 11.6. The third kappa shape index (κ3) is 2.40. The summed E-state index contributed by atoms with van der Waals surface area (Å²) in [4.78, 5) is 15.5. The highest BCUT2D eigenvalue weighted by Crippen LogP contribution is 2.16. The number of aryl methyl sites for hydroxylation is 1. The molecule has 0 aliphatic rings. The van der Waals surface area contributed by atoms with Crippen LogP contribution in [0.1, 0.15) is 18.3 Å². The number of rotatable bonds is 4. The van der Waals surface area contributed by atoms with E-state index < -0.39 is 0 Å². The fourth-order valence-electron chi connectivity index (χ4n) is 2.05. The quantitative estimate of drug-likeness (QED) is 0.657. The first-order chi connectivity index (χ1) is 9.22. The van der Waals surface area contributed by atoms with Gasteiger partial charge in [0.1, 0.15) is 11.8 Å².